The Kier molecular flexibility index (Phi) is 3.90. The molecule has 21 heavy (non-hydrogen) atoms. The molecule has 2 aromatic carbocycles. The van der Waals surface area contributed by atoms with Crippen LogP contribution in [0, 0.1) is 0 Å². The average Bonchev–Trinajstić information content (AvgIpc) is 2.94. The fourth-order valence-electron chi connectivity index (χ4n) is 2.05. The molecule has 1 N–H and O–H groups in total. The summed E-state index contributed by atoms with van der Waals surface area (Å²) in [6, 6.07) is 13.1. The van der Waals surface area contributed by atoms with Gasteiger partial charge in [0.2, 0.25) is 6.79 Å². The third-order valence-electron chi connectivity index (χ3n) is 3.03. The van der Waals surface area contributed by atoms with E-state index in [0.29, 0.717) is 11.4 Å². The molecule has 1 aliphatic heterocycles. The second kappa shape index (κ2) is 5.84. The van der Waals surface area contributed by atoms with Crippen molar-refractivity contribution in [3.63, 3.8) is 0 Å². The van der Waals surface area contributed by atoms with Crippen molar-refractivity contribution >= 4 is 34.8 Å². The Morgan fingerprint density at radius 2 is 1.81 bits per heavy atom. The Morgan fingerprint density at radius 1 is 1.05 bits per heavy atom. The zero-order valence-electron chi connectivity index (χ0n) is 10.8. The van der Waals surface area contributed by atoms with E-state index in [1.165, 1.54) is 0 Å². The zero-order valence-corrected chi connectivity index (χ0v) is 12.3. The SMILES string of the molecule is O=C(Nc1cccc(-c2ccc3c(c2)OCO3)c1)C(Cl)Cl. The van der Waals surface area contributed by atoms with Gasteiger partial charge in [-0.2, -0.15) is 0 Å². The Hall–Kier alpha value is -1.91. The largest absolute Gasteiger partial charge is 0.454 e. The van der Waals surface area contributed by atoms with Crippen molar-refractivity contribution in [3.8, 4) is 22.6 Å². The number of anilines is 1. The average molecular weight is 324 g/mol. The Balaban J connectivity index is 1.87. The lowest BCUT2D eigenvalue weighted by atomic mass is 10.0. The van der Waals surface area contributed by atoms with Crippen LogP contribution in [0.4, 0.5) is 5.69 Å². The molecule has 0 fully saturated rings. The molecule has 1 heterocycles. The van der Waals surface area contributed by atoms with Crippen LogP contribution in [0.5, 0.6) is 11.5 Å². The van der Waals surface area contributed by atoms with Gasteiger partial charge in [-0.15, -0.1) is 0 Å². The van der Waals surface area contributed by atoms with E-state index in [1.54, 1.807) is 6.07 Å². The van der Waals surface area contributed by atoms with Gasteiger partial charge in [-0.25, -0.2) is 0 Å². The van der Waals surface area contributed by atoms with Gasteiger partial charge < -0.3 is 14.8 Å². The molecule has 0 aliphatic carbocycles. The van der Waals surface area contributed by atoms with E-state index in [4.69, 9.17) is 32.7 Å². The van der Waals surface area contributed by atoms with Crippen molar-refractivity contribution in [2.45, 2.75) is 4.84 Å². The highest BCUT2D eigenvalue weighted by Gasteiger charge is 2.15. The fraction of sp³-hybridized carbons (Fsp3) is 0.133. The number of carbonyl (C=O) groups is 1. The van der Waals surface area contributed by atoms with Crippen molar-refractivity contribution in [3.05, 3.63) is 42.5 Å². The number of amides is 1. The van der Waals surface area contributed by atoms with E-state index >= 15 is 0 Å². The van der Waals surface area contributed by atoms with Crippen molar-refractivity contribution in [2.75, 3.05) is 12.1 Å². The highest BCUT2D eigenvalue weighted by atomic mass is 35.5. The lowest BCUT2D eigenvalue weighted by Crippen LogP contribution is -2.18. The molecular formula is C15H11Cl2NO3. The van der Waals surface area contributed by atoms with Crippen LogP contribution in [0.2, 0.25) is 0 Å². The molecule has 0 saturated carbocycles. The maximum absolute atomic E-state index is 11.5. The molecule has 0 saturated heterocycles. The molecule has 0 atom stereocenters. The first-order valence-electron chi connectivity index (χ1n) is 6.22. The Morgan fingerprint density at radius 3 is 2.62 bits per heavy atom. The monoisotopic (exact) mass is 323 g/mol. The van der Waals surface area contributed by atoms with Gasteiger partial charge in [-0.3, -0.25) is 4.79 Å². The molecule has 0 aromatic heterocycles. The van der Waals surface area contributed by atoms with Gasteiger partial charge in [0, 0.05) is 5.69 Å². The van der Waals surface area contributed by atoms with E-state index in [1.807, 2.05) is 36.4 Å². The van der Waals surface area contributed by atoms with E-state index in [-0.39, 0.29) is 6.79 Å². The maximum Gasteiger partial charge on any atom is 0.257 e. The maximum atomic E-state index is 11.5. The summed E-state index contributed by atoms with van der Waals surface area (Å²) < 4.78 is 10.6. The van der Waals surface area contributed by atoms with E-state index in [2.05, 4.69) is 5.32 Å². The second-order valence-corrected chi connectivity index (χ2v) is 5.54. The van der Waals surface area contributed by atoms with Gasteiger partial charge in [0.1, 0.15) is 0 Å². The van der Waals surface area contributed by atoms with Crippen molar-refractivity contribution in [1.82, 2.24) is 0 Å². The number of hydrogen-bond acceptors (Lipinski definition) is 3. The van der Waals surface area contributed by atoms with Crippen LogP contribution in [-0.2, 0) is 4.79 Å². The zero-order chi connectivity index (χ0) is 14.8. The molecule has 4 nitrogen and oxygen atoms in total. The Bertz CT molecular complexity index is 688. The van der Waals surface area contributed by atoms with Gasteiger partial charge in [0.25, 0.3) is 5.91 Å². The first-order chi connectivity index (χ1) is 10.1. The number of hydrogen-bond donors (Lipinski definition) is 1. The van der Waals surface area contributed by atoms with Crippen LogP contribution >= 0.6 is 23.2 Å². The minimum atomic E-state index is -1.10. The molecule has 1 amide bonds. The summed E-state index contributed by atoms with van der Waals surface area (Å²) in [4.78, 5) is 10.4. The van der Waals surface area contributed by atoms with E-state index in [9.17, 15) is 4.79 Å². The van der Waals surface area contributed by atoms with Crippen LogP contribution in [0.15, 0.2) is 42.5 Å². The minimum Gasteiger partial charge on any atom is -0.454 e. The standard InChI is InChI=1S/C15H11Cl2NO3/c16-14(17)15(19)18-11-3-1-2-9(6-11)10-4-5-12-13(7-10)21-8-20-12/h1-7,14H,8H2,(H,18,19). The third kappa shape index (κ3) is 3.06. The number of rotatable bonds is 3. The summed E-state index contributed by atoms with van der Waals surface area (Å²) in [5.41, 5.74) is 2.52. The van der Waals surface area contributed by atoms with Crippen LogP contribution in [0.25, 0.3) is 11.1 Å². The van der Waals surface area contributed by atoms with Crippen LogP contribution in [-0.4, -0.2) is 17.5 Å². The summed E-state index contributed by atoms with van der Waals surface area (Å²) in [5.74, 6) is 0.986. The highest BCUT2D eigenvalue weighted by Crippen LogP contribution is 2.36. The molecule has 0 unspecified atom stereocenters. The number of benzene rings is 2. The number of alkyl halides is 2. The summed E-state index contributed by atoms with van der Waals surface area (Å²) in [6.45, 7) is 0.238. The van der Waals surface area contributed by atoms with Gasteiger partial charge in [-0.1, -0.05) is 41.4 Å². The predicted octanol–water partition coefficient (Wildman–Crippen LogP) is 3.82. The normalized spacial score (nSPS) is 12.5. The molecule has 0 radical (unpaired) electrons. The summed E-state index contributed by atoms with van der Waals surface area (Å²) in [7, 11) is 0. The second-order valence-electron chi connectivity index (χ2n) is 4.44. The quantitative estimate of drug-likeness (QED) is 0.873. The number of halogens is 2. The third-order valence-corrected chi connectivity index (χ3v) is 3.43. The minimum absolute atomic E-state index is 0.238. The number of carbonyl (C=O) groups excluding carboxylic acids is 1. The molecule has 0 spiro atoms. The van der Waals surface area contributed by atoms with Gasteiger partial charge in [0.05, 0.1) is 0 Å². The summed E-state index contributed by atoms with van der Waals surface area (Å²) in [5, 5.41) is 2.65. The molecule has 108 valence electrons. The number of ether oxygens (including phenoxy) is 2. The van der Waals surface area contributed by atoms with Crippen LogP contribution < -0.4 is 14.8 Å². The van der Waals surface area contributed by atoms with Crippen molar-refractivity contribution < 1.29 is 14.3 Å². The first kappa shape index (κ1) is 14.0. The van der Waals surface area contributed by atoms with Gasteiger partial charge >= 0.3 is 0 Å². The van der Waals surface area contributed by atoms with Crippen molar-refractivity contribution in [2.24, 2.45) is 0 Å². The Labute approximate surface area is 131 Å². The molecule has 3 rings (SSSR count). The number of fused-ring (bicyclic) bond motifs is 1. The van der Waals surface area contributed by atoms with E-state index < -0.39 is 10.7 Å². The number of nitrogens with one attached hydrogen (secondary N) is 1. The topological polar surface area (TPSA) is 47.6 Å². The first-order valence-corrected chi connectivity index (χ1v) is 7.10. The summed E-state index contributed by atoms with van der Waals surface area (Å²) in [6.07, 6.45) is 0. The lowest BCUT2D eigenvalue weighted by molar-refractivity contribution is -0.114. The smallest absolute Gasteiger partial charge is 0.257 e. The van der Waals surface area contributed by atoms with E-state index in [0.717, 1.165) is 16.9 Å². The van der Waals surface area contributed by atoms with Crippen LogP contribution in [0.3, 0.4) is 0 Å². The molecule has 1 aliphatic rings. The fourth-order valence-corrected chi connectivity index (χ4v) is 2.16. The van der Waals surface area contributed by atoms with Gasteiger partial charge in [-0.05, 0) is 35.4 Å². The van der Waals surface area contributed by atoms with Gasteiger partial charge in [0.15, 0.2) is 16.3 Å². The highest BCUT2D eigenvalue weighted by molar-refractivity contribution is 6.54. The van der Waals surface area contributed by atoms with Crippen LogP contribution in [0.1, 0.15) is 0 Å². The molecule has 6 heteroatoms. The molecule has 0 bridgehead atoms. The lowest BCUT2D eigenvalue weighted by Gasteiger charge is -2.08. The summed E-state index contributed by atoms with van der Waals surface area (Å²) >= 11 is 11.0. The predicted molar refractivity (Wildman–Crippen MR) is 82.1 cm³/mol. The molecular weight excluding hydrogens is 313 g/mol. The molecule has 2 aromatic rings. The van der Waals surface area contributed by atoms with Crippen molar-refractivity contribution in [1.29, 1.82) is 0 Å².